The Balaban J connectivity index is 2.50. The SMILES string of the molecule is O=S(=O)(c1ccccc1)N(OC(F)(F)F)c1ccccc1. The van der Waals surface area contributed by atoms with Crippen LogP contribution in [0.3, 0.4) is 0 Å². The van der Waals surface area contributed by atoms with Gasteiger partial charge in [0.15, 0.2) is 0 Å². The van der Waals surface area contributed by atoms with Crippen molar-refractivity contribution in [1.82, 2.24) is 0 Å². The maximum atomic E-state index is 12.5. The van der Waals surface area contributed by atoms with Gasteiger partial charge >= 0.3 is 6.36 Å². The molecule has 4 nitrogen and oxygen atoms in total. The lowest BCUT2D eigenvalue weighted by Crippen LogP contribution is -2.36. The topological polar surface area (TPSA) is 46.6 Å². The number of hydrogen-bond donors (Lipinski definition) is 0. The smallest absolute Gasteiger partial charge is 0.199 e. The highest BCUT2D eigenvalue weighted by molar-refractivity contribution is 7.92. The van der Waals surface area contributed by atoms with Crippen LogP contribution >= 0.6 is 0 Å². The van der Waals surface area contributed by atoms with Crippen molar-refractivity contribution in [2.45, 2.75) is 11.3 Å². The van der Waals surface area contributed by atoms with Gasteiger partial charge in [0.25, 0.3) is 10.0 Å². The van der Waals surface area contributed by atoms with E-state index in [9.17, 15) is 21.6 Å². The lowest BCUT2D eigenvalue weighted by Gasteiger charge is -2.23. The van der Waals surface area contributed by atoms with E-state index in [0.717, 1.165) is 0 Å². The minimum absolute atomic E-state index is 0.137. The Labute approximate surface area is 119 Å². The van der Waals surface area contributed by atoms with Gasteiger partial charge in [-0.05, 0) is 24.3 Å². The number of para-hydroxylation sites is 1. The molecule has 8 heteroatoms. The molecule has 0 aliphatic rings. The zero-order chi connectivity index (χ0) is 15.5. The van der Waals surface area contributed by atoms with E-state index in [1.54, 1.807) is 12.1 Å². The van der Waals surface area contributed by atoms with E-state index in [0.29, 0.717) is 0 Å². The second-order valence-electron chi connectivity index (χ2n) is 3.92. The standard InChI is InChI=1S/C13H10F3NO3S/c14-13(15,16)20-17(11-7-3-1-4-8-11)21(18,19)12-9-5-2-6-10-12/h1-10H. The Morgan fingerprint density at radius 1 is 0.857 bits per heavy atom. The molecule has 2 aromatic carbocycles. The fourth-order valence-electron chi connectivity index (χ4n) is 1.57. The summed E-state index contributed by atoms with van der Waals surface area (Å²) in [7, 11) is -4.50. The summed E-state index contributed by atoms with van der Waals surface area (Å²) >= 11 is 0. The van der Waals surface area contributed by atoms with Crippen LogP contribution in [0.5, 0.6) is 0 Å². The lowest BCUT2D eigenvalue weighted by molar-refractivity contribution is -0.322. The third kappa shape index (κ3) is 3.73. The number of anilines is 1. The molecular formula is C13H10F3NO3S. The summed E-state index contributed by atoms with van der Waals surface area (Å²) in [6.45, 7) is 0. The monoisotopic (exact) mass is 317 g/mol. The largest absolute Gasteiger partial charge is 0.544 e. The summed E-state index contributed by atoms with van der Waals surface area (Å²) in [6, 6.07) is 13.5. The van der Waals surface area contributed by atoms with Gasteiger partial charge in [0.1, 0.15) is 0 Å². The molecule has 0 N–H and O–H groups in total. The fraction of sp³-hybridized carbons (Fsp3) is 0.0769. The highest BCUT2D eigenvalue weighted by atomic mass is 32.2. The molecule has 0 bridgehead atoms. The third-order valence-corrected chi connectivity index (χ3v) is 4.00. The van der Waals surface area contributed by atoms with Crippen LogP contribution in [0.4, 0.5) is 18.9 Å². The number of nitrogens with zero attached hydrogens (tertiary/aromatic N) is 1. The fourth-order valence-corrected chi connectivity index (χ4v) is 2.85. The minimum atomic E-state index is -5.14. The summed E-state index contributed by atoms with van der Waals surface area (Å²) in [6.07, 6.45) is -5.14. The molecule has 0 atom stereocenters. The molecule has 2 aromatic rings. The average molecular weight is 317 g/mol. The van der Waals surface area contributed by atoms with E-state index in [4.69, 9.17) is 0 Å². The van der Waals surface area contributed by atoms with E-state index >= 15 is 0 Å². The number of benzene rings is 2. The van der Waals surface area contributed by atoms with E-state index in [1.165, 1.54) is 48.5 Å². The summed E-state index contributed by atoms with van der Waals surface area (Å²) in [4.78, 5) is 3.38. The van der Waals surface area contributed by atoms with Crippen molar-refractivity contribution >= 4 is 15.7 Å². The van der Waals surface area contributed by atoms with Crippen molar-refractivity contribution in [3.8, 4) is 0 Å². The Morgan fingerprint density at radius 3 is 1.81 bits per heavy atom. The van der Waals surface area contributed by atoms with Gasteiger partial charge in [-0.15, -0.1) is 17.6 Å². The van der Waals surface area contributed by atoms with E-state index in [2.05, 4.69) is 4.84 Å². The lowest BCUT2D eigenvalue weighted by atomic mass is 10.3. The normalized spacial score (nSPS) is 12.1. The zero-order valence-corrected chi connectivity index (χ0v) is 11.3. The maximum absolute atomic E-state index is 12.5. The number of rotatable bonds is 4. The van der Waals surface area contributed by atoms with Crippen molar-refractivity contribution < 1.29 is 26.4 Å². The van der Waals surface area contributed by atoms with Gasteiger partial charge in [-0.2, -0.15) is 13.3 Å². The minimum Gasteiger partial charge on any atom is -0.199 e. The average Bonchev–Trinajstić information content (AvgIpc) is 2.46. The second kappa shape index (κ2) is 5.74. The van der Waals surface area contributed by atoms with Crippen molar-refractivity contribution in [3.63, 3.8) is 0 Å². The molecule has 0 aliphatic heterocycles. The van der Waals surface area contributed by atoms with Gasteiger partial charge in [0, 0.05) is 0 Å². The number of hydrogen-bond acceptors (Lipinski definition) is 3. The van der Waals surface area contributed by atoms with Gasteiger partial charge in [0.05, 0.1) is 10.6 Å². The molecular weight excluding hydrogens is 307 g/mol. The molecule has 0 aliphatic carbocycles. The molecule has 0 aromatic heterocycles. The summed E-state index contributed by atoms with van der Waals surface area (Å²) in [5.74, 6) is 0. The predicted molar refractivity (Wildman–Crippen MR) is 69.7 cm³/mol. The molecule has 0 amide bonds. The summed E-state index contributed by atoms with van der Waals surface area (Å²) in [5.41, 5.74) is -0.251. The number of sulfonamides is 1. The van der Waals surface area contributed by atoms with Crippen molar-refractivity contribution in [2.75, 3.05) is 4.47 Å². The van der Waals surface area contributed by atoms with Crippen LogP contribution in [0.1, 0.15) is 0 Å². The zero-order valence-electron chi connectivity index (χ0n) is 10.5. The highest BCUT2D eigenvalue weighted by Gasteiger charge is 2.39. The Kier molecular flexibility index (Phi) is 4.19. The third-order valence-electron chi connectivity index (χ3n) is 2.41. The van der Waals surface area contributed by atoms with Crippen LogP contribution < -0.4 is 4.47 Å². The predicted octanol–water partition coefficient (Wildman–Crippen LogP) is 3.33. The molecule has 21 heavy (non-hydrogen) atoms. The molecule has 0 saturated heterocycles. The molecule has 0 saturated carbocycles. The van der Waals surface area contributed by atoms with Crippen molar-refractivity contribution in [1.29, 1.82) is 0 Å². The van der Waals surface area contributed by atoms with Crippen LogP contribution in [-0.2, 0) is 14.9 Å². The maximum Gasteiger partial charge on any atom is 0.544 e. The van der Waals surface area contributed by atoms with Gasteiger partial charge in [-0.25, -0.2) is 0 Å². The highest BCUT2D eigenvalue weighted by Crippen LogP contribution is 2.29. The van der Waals surface area contributed by atoms with Gasteiger partial charge in [-0.1, -0.05) is 36.4 Å². The quantitative estimate of drug-likeness (QED) is 0.813. The van der Waals surface area contributed by atoms with Crippen LogP contribution in [0, 0.1) is 0 Å². The van der Waals surface area contributed by atoms with Crippen molar-refractivity contribution in [2.24, 2.45) is 0 Å². The molecule has 2 rings (SSSR count). The first-order chi connectivity index (χ1) is 9.81. The first-order valence-electron chi connectivity index (χ1n) is 5.72. The van der Waals surface area contributed by atoms with E-state index in [-0.39, 0.29) is 15.1 Å². The Hall–Kier alpha value is -2.06. The molecule has 0 fully saturated rings. The molecule has 112 valence electrons. The molecule has 0 unspecified atom stereocenters. The van der Waals surface area contributed by atoms with Crippen molar-refractivity contribution in [3.05, 3.63) is 60.7 Å². The van der Waals surface area contributed by atoms with Crippen LogP contribution in [0.15, 0.2) is 65.6 Å². The Morgan fingerprint density at radius 2 is 1.33 bits per heavy atom. The van der Waals surface area contributed by atoms with Gasteiger partial charge in [0.2, 0.25) is 0 Å². The molecule has 0 heterocycles. The summed E-state index contributed by atoms with van der Waals surface area (Å²) in [5, 5.41) is 0. The van der Waals surface area contributed by atoms with Crippen LogP contribution in [-0.4, -0.2) is 14.8 Å². The van der Waals surface area contributed by atoms with E-state index < -0.39 is 16.4 Å². The molecule has 0 spiro atoms. The number of halogens is 3. The first kappa shape index (κ1) is 15.3. The van der Waals surface area contributed by atoms with E-state index in [1.807, 2.05) is 0 Å². The first-order valence-corrected chi connectivity index (χ1v) is 7.16. The van der Waals surface area contributed by atoms with Crippen LogP contribution in [0.2, 0.25) is 0 Å². The van der Waals surface area contributed by atoms with Gasteiger partial charge in [-0.3, -0.25) is 0 Å². The number of alkyl halides is 3. The van der Waals surface area contributed by atoms with Crippen LogP contribution in [0.25, 0.3) is 0 Å². The second-order valence-corrected chi connectivity index (χ2v) is 5.67. The summed E-state index contributed by atoms with van der Waals surface area (Å²) < 4.78 is 62.0. The molecule has 0 radical (unpaired) electrons. The Bertz CT molecular complexity index is 688. The van der Waals surface area contributed by atoms with Gasteiger partial charge < -0.3 is 0 Å².